The van der Waals surface area contributed by atoms with Gasteiger partial charge in [0.15, 0.2) is 9.84 Å². The smallest absolute Gasteiger partial charge is 0.229 e. The third kappa shape index (κ3) is 5.77. The minimum absolute atomic E-state index is 0.0417. The first-order valence-electron chi connectivity index (χ1n) is 11.8. The van der Waals surface area contributed by atoms with Crippen LogP contribution in [0.15, 0.2) is 52.3 Å². The van der Waals surface area contributed by atoms with Crippen LogP contribution in [0.1, 0.15) is 19.4 Å². The van der Waals surface area contributed by atoms with Gasteiger partial charge in [-0.15, -0.1) is 0 Å². The lowest BCUT2D eigenvalue weighted by Gasteiger charge is -2.35. The van der Waals surface area contributed by atoms with Gasteiger partial charge in [0.1, 0.15) is 10.8 Å². The first-order valence-corrected chi connectivity index (χ1v) is 14.6. The highest BCUT2D eigenvalue weighted by molar-refractivity contribution is 9.10. The molecule has 0 amide bonds. The number of hydrogen-bond acceptors (Lipinski definition) is 8. The minimum atomic E-state index is -3.62. The molecule has 3 N–H and O–H groups in total. The topological polar surface area (TPSA) is 104 Å². The number of likely N-dealkylation sites (N-methyl/N-ethyl adjacent to an activating group) is 1. The zero-order chi connectivity index (χ0) is 26.9. The van der Waals surface area contributed by atoms with Gasteiger partial charge < -0.3 is 20.9 Å². The zero-order valence-corrected chi connectivity index (χ0v) is 24.2. The molecule has 1 aliphatic rings. The molecule has 0 unspecified atom stereocenters. The van der Waals surface area contributed by atoms with Crippen LogP contribution < -0.4 is 16.0 Å². The summed E-state index contributed by atoms with van der Waals surface area (Å²) in [6.45, 7) is 11.1. The summed E-state index contributed by atoms with van der Waals surface area (Å²) in [5.41, 5.74) is 9.56. The lowest BCUT2D eigenvalue weighted by molar-refractivity contribution is 0.313. The molecule has 0 spiro atoms. The third-order valence-electron chi connectivity index (χ3n) is 6.35. The molecule has 0 aliphatic carbocycles. The Balaban J connectivity index is 1.73. The Morgan fingerprint density at radius 2 is 1.84 bits per heavy atom. The van der Waals surface area contributed by atoms with E-state index in [1.54, 1.807) is 32.0 Å². The maximum absolute atomic E-state index is 13.1. The molecule has 8 nitrogen and oxygen atoms in total. The fraction of sp³-hybridized carbons (Fsp3) is 0.308. The van der Waals surface area contributed by atoms with Crippen molar-refractivity contribution in [2.24, 2.45) is 0 Å². The minimum Gasteiger partial charge on any atom is -0.382 e. The number of rotatable bonds is 7. The van der Waals surface area contributed by atoms with Gasteiger partial charge in [-0.05, 0) is 62.9 Å². The van der Waals surface area contributed by atoms with Gasteiger partial charge >= 0.3 is 0 Å². The number of hydrogen-bond donors (Lipinski definition) is 2. The van der Waals surface area contributed by atoms with E-state index in [9.17, 15) is 8.42 Å². The van der Waals surface area contributed by atoms with Crippen LogP contribution >= 0.6 is 27.5 Å². The molecule has 196 valence electrons. The van der Waals surface area contributed by atoms with Gasteiger partial charge in [-0.25, -0.2) is 13.4 Å². The summed E-state index contributed by atoms with van der Waals surface area (Å²) in [5.74, 6) is 0.243. The van der Waals surface area contributed by atoms with Gasteiger partial charge in [0.2, 0.25) is 5.95 Å². The van der Waals surface area contributed by atoms with E-state index in [0.29, 0.717) is 10.0 Å². The molecule has 1 aromatic heterocycles. The van der Waals surface area contributed by atoms with E-state index < -0.39 is 15.1 Å². The molecule has 11 heteroatoms. The fourth-order valence-corrected chi connectivity index (χ4v) is 5.92. The van der Waals surface area contributed by atoms with Gasteiger partial charge in [0.05, 0.1) is 15.8 Å². The van der Waals surface area contributed by atoms with E-state index in [1.165, 1.54) is 0 Å². The van der Waals surface area contributed by atoms with E-state index in [0.717, 1.165) is 43.1 Å². The molecule has 1 aliphatic heterocycles. The Kier molecular flexibility index (Phi) is 8.13. The van der Waals surface area contributed by atoms with Crippen molar-refractivity contribution in [1.29, 1.82) is 0 Å². The largest absolute Gasteiger partial charge is 0.382 e. The maximum atomic E-state index is 13.1. The van der Waals surface area contributed by atoms with Crippen LogP contribution in [0.2, 0.25) is 5.02 Å². The molecule has 1 saturated heterocycles. The molecule has 3 aromatic rings. The quantitative estimate of drug-likeness (QED) is 0.366. The van der Waals surface area contributed by atoms with Gasteiger partial charge in [-0.2, -0.15) is 4.98 Å². The van der Waals surface area contributed by atoms with Crippen molar-refractivity contribution in [3.8, 4) is 11.3 Å². The van der Waals surface area contributed by atoms with Crippen molar-refractivity contribution in [1.82, 2.24) is 14.9 Å². The molecule has 4 rings (SSSR count). The monoisotopic (exact) mass is 604 g/mol. The van der Waals surface area contributed by atoms with Crippen molar-refractivity contribution in [2.75, 3.05) is 49.2 Å². The lowest BCUT2D eigenvalue weighted by Crippen LogP contribution is -2.44. The second-order valence-electron chi connectivity index (χ2n) is 9.22. The van der Waals surface area contributed by atoms with Crippen molar-refractivity contribution < 1.29 is 8.42 Å². The summed E-state index contributed by atoms with van der Waals surface area (Å²) in [7, 11) is -1.50. The number of nitrogen functional groups attached to an aromatic ring is 1. The Morgan fingerprint density at radius 3 is 2.49 bits per heavy atom. The average Bonchev–Trinajstić information content (AvgIpc) is 2.86. The van der Waals surface area contributed by atoms with Gasteiger partial charge in [0, 0.05) is 47.6 Å². The molecule has 0 saturated carbocycles. The predicted molar refractivity (Wildman–Crippen MR) is 156 cm³/mol. The van der Waals surface area contributed by atoms with Crippen molar-refractivity contribution >= 4 is 66.6 Å². The number of benzene rings is 2. The molecule has 1 fully saturated rings. The standard InChI is InChI=1S/C26H30BrClN6O2S/c1-5-17-14-19(7-8-21(17)34-12-10-33(4)11-13-34)30-26-31-24(23(28)25(29)32-26)20-15-18(27)6-9-22(20)37(35,36)16(2)3/h5-9,14-16H,1,10-13H2,2-4H3,(H3,29,30,31,32). The lowest BCUT2D eigenvalue weighted by atomic mass is 10.1. The SMILES string of the molecule is C=Cc1cc(Nc2nc(N)c(Cl)c(-c3cc(Br)ccc3S(=O)(=O)C(C)C)n2)ccc1N1CCN(C)CC1. The van der Waals surface area contributed by atoms with Crippen molar-refractivity contribution in [3.05, 3.63) is 58.0 Å². The van der Waals surface area contributed by atoms with E-state index in [2.05, 4.69) is 54.6 Å². The molecule has 0 bridgehead atoms. The van der Waals surface area contributed by atoms with E-state index in [4.69, 9.17) is 17.3 Å². The number of piperazine rings is 1. The number of halogens is 2. The van der Waals surface area contributed by atoms with Crippen molar-refractivity contribution in [2.45, 2.75) is 24.0 Å². The van der Waals surface area contributed by atoms with Crippen LogP contribution in [0.5, 0.6) is 0 Å². The normalized spacial score (nSPS) is 14.7. The summed E-state index contributed by atoms with van der Waals surface area (Å²) < 4.78 is 26.9. The molecular weight excluding hydrogens is 576 g/mol. The highest BCUT2D eigenvalue weighted by Crippen LogP contribution is 2.38. The highest BCUT2D eigenvalue weighted by atomic mass is 79.9. The molecule has 0 atom stereocenters. The Labute approximate surface area is 231 Å². The first kappa shape index (κ1) is 27.4. The second kappa shape index (κ2) is 11.0. The van der Waals surface area contributed by atoms with Gasteiger partial charge in [-0.3, -0.25) is 0 Å². The highest BCUT2D eigenvalue weighted by Gasteiger charge is 2.26. The molecular formula is C26H30BrClN6O2S. The average molecular weight is 606 g/mol. The molecule has 37 heavy (non-hydrogen) atoms. The van der Waals surface area contributed by atoms with Crippen LogP contribution in [0.3, 0.4) is 0 Å². The van der Waals surface area contributed by atoms with E-state index >= 15 is 0 Å². The van der Waals surface area contributed by atoms with Crippen molar-refractivity contribution in [3.63, 3.8) is 0 Å². The summed E-state index contributed by atoms with van der Waals surface area (Å²) in [6, 6.07) is 10.9. The van der Waals surface area contributed by atoms with E-state index in [-0.39, 0.29) is 27.4 Å². The number of nitrogens with one attached hydrogen (secondary N) is 1. The molecule has 2 heterocycles. The van der Waals surface area contributed by atoms with Crippen LogP contribution in [0, 0.1) is 0 Å². The predicted octanol–water partition coefficient (Wildman–Crippen LogP) is 5.46. The number of nitrogens with zero attached hydrogens (tertiary/aromatic N) is 4. The van der Waals surface area contributed by atoms with Crippen LogP contribution in [-0.4, -0.2) is 61.8 Å². The van der Waals surface area contributed by atoms with Gasteiger partial charge in [0.25, 0.3) is 0 Å². The fourth-order valence-electron chi connectivity index (χ4n) is 4.15. The first-order chi connectivity index (χ1) is 17.5. The Hall–Kier alpha value is -2.66. The Morgan fingerprint density at radius 1 is 1.14 bits per heavy atom. The number of sulfone groups is 1. The van der Waals surface area contributed by atoms with Crippen LogP contribution in [-0.2, 0) is 9.84 Å². The number of aromatic nitrogens is 2. The summed E-state index contributed by atoms with van der Waals surface area (Å²) in [6.07, 6.45) is 1.83. The van der Waals surface area contributed by atoms with Crippen LogP contribution in [0.25, 0.3) is 17.3 Å². The molecule has 0 radical (unpaired) electrons. The summed E-state index contributed by atoms with van der Waals surface area (Å²) >= 11 is 9.94. The van der Waals surface area contributed by atoms with E-state index in [1.807, 2.05) is 24.3 Å². The zero-order valence-electron chi connectivity index (χ0n) is 21.0. The van der Waals surface area contributed by atoms with Gasteiger partial charge in [-0.1, -0.05) is 40.2 Å². The Bertz CT molecular complexity index is 1440. The number of nitrogens with two attached hydrogens (primary N) is 1. The third-order valence-corrected chi connectivity index (χ3v) is 9.42. The maximum Gasteiger partial charge on any atom is 0.229 e. The van der Waals surface area contributed by atoms with Crippen LogP contribution in [0.4, 0.5) is 23.1 Å². The number of anilines is 4. The summed E-state index contributed by atoms with van der Waals surface area (Å²) in [4.78, 5) is 13.7. The second-order valence-corrected chi connectivity index (χ2v) is 13.0. The molecule has 2 aromatic carbocycles. The summed E-state index contributed by atoms with van der Waals surface area (Å²) in [5, 5.41) is 2.65.